The molecule has 0 aromatic heterocycles. The summed E-state index contributed by atoms with van der Waals surface area (Å²) in [6.07, 6.45) is 12.1. The van der Waals surface area contributed by atoms with E-state index in [1.54, 1.807) is 0 Å². The number of unbranched alkanes of at least 4 members (excludes halogenated alkanes) is 4. The van der Waals surface area contributed by atoms with Crippen molar-refractivity contribution in [2.75, 3.05) is 6.54 Å². The Hall–Kier alpha value is -0.0800. The van der Waals surface area contributed by atoms with Crippen LogP contribution in [0.2, 0.25) is 0 Å². The Morgan fingerprint density at radius 2 is 1.94 bits per heavy atom. The molecule has 2 atom stereocenters. The zero-order valence-corrected chi connectivity index (χ0v) is 12.8. The lowest BCUT2D eigenvalue weighted by Gasteiger charge is -2.23. The van der Waals surface area contributed by atoms with Crippen LogP contribution in [0.15, 0.2) is 0 Å². The summed E-state index contributed by atoms with van der Waals surface area (Å²) in [5.41, 5.74) is 6.44. The fourth-order valence-electron chi connectivity index (χ4n) is 3.18. The molecule has 2 heteroatoms. The predicted molar refractivity (Wildman–Crippen MR) is 80.8 cm³/mol. The van der Waals surface area contributed by atoms with E-state index in [-0.39, 0.29) is 0 Å². The average molecular weight is 254 g/mol. The highest BCUT2D eigenvalue weighted by atomic mass is 15.0. The summed E-state index contributed by atoms with van der Waals surface area (Å²) in [5.74, 6) is 0. The molecule has 0 amide bonds. The molecule has 18 heavy (non-hydrogen) atoms. The number of nitrogens with one attached hydrogen (secondary N) is 1. The van der Waals surface area contributed by atoms with E-state index in [1.165, 1.54) is 57.8 Å². The van der Waals surface area contributed by atoms with Crippen molar-refractivity contribution in [3.8, 4) is 0 Å². The normalized spacial score (nSPS) is 24.3. The second-order valence-corrected chi connectivity index (χ2v) is 6.91. The van der Waals surface area contributed by atoms with Crippen LogP contribution in [0.25, 0.3) is 0 Å². The molecule has 1 aliphatic rings. The van der Waals surface area contributed by atoms with E-state index in [4.69, 9.17) is 5.73 Å². The second-order valence-electron chi connectivity index (χ2n) is 6.91. The standard InChI is InChI=1S/C16H34N2/c1-4-5-6-7-8-9-15(13-17)18-14-10-11-16(2,3)12-14/h14-15,18H,4-13,17H2,1-3H3. The summed E-state index contributed by atoms with van der Waals surface area (Å²) in [7, 11) is 0. The van der Waals surface area contributed by atoms with Gasteiger partial charge in [-0.05, 0) is 31.1 Å². The number of hydrogen-bond donors (Lipinski definition) is 2. The number of nitrogens with two attached hydrogens (primary N) is 1. The topological polar surface area (TPSA) is 38.0 Å². The van der Waals surface area contributed by atoms with Crippen molar-refractivity contribution in [2.45, 2.75) is 90.6 Å². The minimum atomic E-state index is 0.540. The predicted octanol–water partition coefficient (Wildman–Crippen LogP) is 3.84. The Morgan fingerprint density at radius 1 is 1.22 bits per heavy atom. The van der Waals surface area contributed by atoms with Gasteiger partial charge >= 0.3 is 0 Å². The minimum absolute atomic E-state index is 0.540. The summed E-state index contributed by atoms with van der Waals surface area (Å²) in [6, 6.07) is 1.26. The van der Waals surface area contributed by atoms with Gasteiger partial charge in [0, 0.05) is 18.6 Å². The lowest BCUT2D eigenvalue weighted by atomic mass is 9.91. The first-order chi connectivity index (χ1) is 8.57. The maximum absolute atomic E-state index is 5.90. The van der Waals surface area contributed by atoms with Crippen molar-refractivity contribution in [3.63, 3.8) is 0 Å². The minimum Gasteiger partial charge on any atom is -0.329 e. The molecule has 1 aliphatic carbocycles. The van der Waals surface area contributed by atoms with Gasteiger partial charge < -0.3 is 11.1 Å². The highest BCUT2D eigenvalue weighted by Crippen LogP contribution is 2.37. The fourth-order valence-corrected chi connectivity index (χ4v) is 3.18. The van der Waals surface area contributed by atoms with Gasteiger partial charge in [-0.3, -0.25) is 0 Å². The summed E-state index contributed by atoms with van der Waals surface area (Å²) < 4.78 is 0. The van der Waals surface area contributed by atoms with E-state index < -0.39 is 0 Å². The van der Waals surface area contributed by atoms with Crippen molar-refractivity contribution >= 4 is 0 Å². The van der Waals surface area contributed by atoms with Crippen molar-refractivity contribution in [3.05, 3.63) is 0 Å². The summed E-state index contributed by atoms with van der Waals surface area (Å²) in [6.45, 7) is 7.84. The van der Waals surface area contributed by atoms with Crippen LogP contribution in [0, 0.1) is 5.41 Å². The van der Waals surface area contributed by atoms with E-state index in [2.05, 4.69) is 26.1 Å². The quantitative estimate of drug-likeness (QED) is 0.613. The van der Waals surface area contributed by atoms with Crippen LogP contribution in [0.1, 0.15) is 78.6 Å². The molecule has 1 fully saturated rings. The van der Waals surface area contributed by atoms with Crippen LogP contribution in [0.5, 0.6) is 0 Å². The third kappa shape index (κ3) is 6.19. The molecular formula is C16H34N2. The van der Waals surface area contributed by atoms with Gasteiger partial charge in [0.25, 0.3) is 0 Å². The first-order valence-corrected chi connectivity index (χ1v) is 8.03. The van der Waals surface area contributed by atoms with Gasteiger partial charge in [-0.25, -0.2) is 0 Å². The maximum atomic E-state index is 5.90. The molecule has 0 aliphatic heterocycles. The molecule has 0 spiro atoms. The SMILES string of the molecule is CCCCCCCC(CN)NC1CCC(C)(C)C1. The average Bonchev–Trinajstić information content (AvgIpc) is 2.67. The largest absolute Gasteiger partial charge is 0.329 e. The zero-order valence-electron chi connectivity index (χ0n) is 12.8. The van der Waals surface area contributed by atoms with Crippen LogP contribution in [-0.4, -0.2) is 18.6 Å². The maximum Gasteiger partial charge on any atom is 0.0192 e. The number of hydrogen-bond acceptors (Lipinski definition) is 2. The van der Waals surface area contributed by atoms with Crippen LogP contribution in [0.3, 0.4) is 0 Å². The Balaban J connectivity index is 2.13. The number of rotatable bonds is 9. The highest BCUT2D eigenvalue weighted by Gasteiger charge is 2.31. The smallest absolute Gasteiger partial charge is 0.0192 e. The van der Waals surface area contributed by atoms with E-state index in [1.807, 2.05) is 0 Å². The molecule has 0 radical (unpaired) electrons. The molecule has 1 rings (SSSR count). The van der Waals surface area contributed by atoms with Gasteiger partial charge in [-0.1, -0.05) is 52.9 Å². The molecule has 0 aromatic carbocycles. The van der Waals surface area contributed by atoms with Gasteiger partial charge in [-0.2, -0.15) is 0 Å². The van der Waals surface area contributed by atoms with Crippen molar-refractivity contribution in [2.24, 2.45) is 11.1 Å². The van der Waals surface area contributed by atoms with E-state index in [0.29, 0.717) is 17.5 Å². The van der Waals surface area contributed by atoms with E-state index in [0.717, 1.165) is 6.54 Å². The van der Waals surface area contributed by atoms with Crippen molar-refractivity contribution in [1.29, 1.82) is 0 Å². The summed E-state index contributed by atoms with van der Waals surface area (Å²) >= 11 is 0. The molecule has 108 valence electrons. The zero-order chi connectivity index (χ0) is 13.4. The van der Waals surface area contributed by atoms with Gasteiger partial charge in [-0.15, -0.1) is 0 Å². The van der Waals surface area contributed by atoms with Gasteiger partial charge in [0.15, 0.2) is 0 Å². The Bertz CT molecular complexity index is 213. The molecular weight excluding hydrogens is 220 g/mol. The van der Waals surface area contributed by atoms with Crippen LogP contribution in [-0.2, 0) is 0 Å². The van der Waals surface area contributed by atoms with Crippen LogP contribution < -0.4 is 11.1 Å². The van der Waals surface area contributed by atoms with Crippen molar-refractivity contribution < 1.29 is 0 Å². The highest BCUT2D eigenvalue weighted by molar-refractivity contribution is 4.88. The molecule has 0 bridgehead atoms. The molecule has 0 heterocycles. The molecule has 3 N–H and O–H groups in total. The molecule has 0 aromatic rings. The first-order valence-electron chi connectivity index (χ1n) is 8.03. The van der Waals surface area contributed by atoms with E-state index >= 15 is 0 Å². The molecule has 1 saturated carbocycles. The first kappa shape index (κ1) is 16.0. The van der Waals surface area contributed by atoms with Gasteiger partial charge in [0.2, 0.25) is 0 Å². The Labute approximate surface area is 114 Å². The lowest BCUT2D eigenvalue weighted by Crippen LogP contribution is -2.42. The Kier molecular flexibility index (Phi) is 7.25. The van der Waals surface area contributed by atoms with Gasteiger partial charge in [0.05, 0.1) is 0 Å². The molecule has 2 unspecified atom stereocenters. The van der Waals surface area contributed by atoms with E-state index in [9.17, 15) is 0 Å². The second kappa shape index (κ2) is 8.16. The lowest BCUT2D eigenvalue weighted by molar-refractivity contribution is 0.344. The van der Waals surface area contributed by atoms with Crippen molar-refractivity contribution in [1.82, 2.24) is 5.32 Å². The summed E-state index contributed by atoms with van der Waals surface area (Å²) in [5, 5.41) is 3.79. The molecule has 2 nitrogen and oxygen atoms in total. The van der Waals surface area contributed by atoms with Gasteiger partial charge in [0.1, 0.15) is 0 Å². The Morgan fingerprint density at radius 3 is 2.50 bits per heavy atom. The summed E-state index contributed by atoms with van der Waals surface area (Å²) in [4.78, 5) is 0. The fraction of sp³-hybridized carbons (Fsp3) is 1.00. The molecule has 0 saturated heterocycles. The monoisotopic (exact) mass is 254 g/mol. The third-order valence-corrected chi connectivity index (χ3v) is 4.38. The van der Waals surface area contributed by atoms with Crippen LogP contribution in [0.4, 0.5) is 0 Å². The van der Waals surface area contributed by atoms with Crippen LogP contribution >= 0.6 is 0 Å². The third-order valence-electron chi connectivity index (χ3n) is 4.38.